The maximum atomic E-state index is 5.16. The van der Waals surface area contributed by atoms with E-state index in [1.807, 2.05) is 24.3 Å². The molecule has 1 heterocycles. The number of rotatable bonds is 2. The van der Waals surface area contributed by atoms with Crippen LogP contribution >= 0.6 is 11.5 Å². The van der Waals surface area contributed by atoms with Gasteiger partial charge in [-0.25, -0.2) is 0 Å². The number of benzene rings is 1. The molecule has 0 aliphatic carbocycles. The predicted octanol–water partition coefficient (Wildman–Crippen LogP) is 2.34. The summed E-state index contributed by atoms with van der Waals surface area (Å²) < 4.78 is 4.28. The van der Waals surface area contributed by atoms with Gasteiger partial charge in [-0.05, 0) is 23.7 Å². The normalized spacial score (nSPS) is 9.77. The number of fused-ring (bicyclic) bond motifs is 1. The van der Waals surface area contributed by atoms with Crippen molar-refractivity contribution in [1.29, 1.82) is 0 Å². The highest BCUT2D eigenvalue weighted by Gasteiger charge is 2.02. The van der Waals surface area contributed by atoms with E-state index in [0.717, 1.165) is 15.9 Å². The first-order chi connectivity index (χ1) is 6.42. The second-order valence-electron chi connectivity index (χ2n) is 2.59. The van der Waals surface area contributed by atoms with Crippen molar-refractivity contribution in [2.75, 3.05) is 11.9 Å². The standard InChI is InChI=1S/C10H8N2S/c1-2-7-11-10-8-5-3-4-6-9(8)12-13-10/h1,3-6,11H,7H2. The minimum atomic E-state index is 0.548. The van der Waals surface area contributed by atoms with Gasteiger partial charge in [-0.15, -0.1) is 6.42 Å². The van der Waals surface area contributed by atoms with Crippen LogP contribution in [0.15, 0.2) is 24.3 Å². The van der Waals surface area contributed by atoms with Gasteiger partial charge in [0.15, 0.2) is 0 Å². The Balaban J connectivity index is 2.41. The van der Waals surface area contributed by atoms with E-state index in [0.29, 0.717) is 6.54 Å². The number of nitrogens with one attached hydrogen (secondary N) is 1. The number of aromatic nitrogens is 1. The molecule has 0 fully saturated rings. The lowest BCUT2D eigenvalue weighted by molar-refractivity contribution is 1.43. The Morgan fingerprint density at radius 3 is 3.15 bits per heavy atom. The van der Waals surface area contributed by atoms with Crippen molar-refractivity contribution in [1.82, 2.24) is 4.37 Å². The Labute approximate surface area is 80.8 Å². The second kappa shape index (κ2) is 3.46. The van der Waals surface area contributed by atoms with Crippen LogP contribution in [0.4, 0.5) is 5.00 Å². The van der Waals surface area contributed by atoms with Crippen molar-refractivity contribution in [2.24, 2.45) is 0 Å². The lowest BCUT2D eigenvalue weighted by atomic mass is 10.2. The van der Waals surface area contributed by atoms with Crippen molar-refractivity contribution < 1.29 is 0 Å². The minimum absolute atomic E-state index is 0.548. The van der Waals surface area contributed by atoms with Crippen LogP contribution in [0.25, 0.3) is 10.9 Å². The third kappa shape index (κ3) is 1.49. The van der Waals surface area contributed by atoms with Crippen LogP contribution in [-0.4, -0.2) is 10.9 Å². The molecule has 0 atom stereocenters. The Hall–Kier alpha value is -1.53. The van der Waals surface area contributed by atoms with Gasteiger partial charge >= 0.3 is 0 Å². The molecule has 0 saturated carbocycles. The lowest BCUT2D eigenvalue weighted by Gasteiger charge is -1.96. The average molecular weight is 188 g/mol. The fraction of sp³-hybridized carbons (Fsp3) is 0.100. The molecule has 0 bridgehead atoms. The van der Waals surface area contributed by atoms with Crippen LogP contribution in [0, 0.1) is 12.3 Å². The number of hydrogen-bond acceptors (Lipinski definition) is 3. The predicted molar refractivity (Wildman–Crippen MR) is 56.9 cm³/mol. The molecule has 0 unspecified atom stereocenters. The minimum Gasteiger partial charge on any atom is -0.364 e. The van der Waals surface area contributed by atoms with Gasteiger partial charge in [0, 0.05) is 5.39 Å². The Morgan fingerprint density at radius 1 is 1.46 bits per heavy atom. The Kier molecular flexibility index (Phi) is 2.15. The number of anilines is 1. The van der Waals surface area contributed by atoms with Gasteiger partial charge in [0.1, 0.15) is 5.00 Å². The third-order valence-corrected chi connectivity index (χ3v) is 2.57. The molecule has 1 aromatic heterocycles. The summed E-state index contributed by atoms with van der Waals surface area (Å²) in [7, 11) is 0. The first kappa shape index (κ1) is 8.09. The van der Waals surface area contributed by atoms with E-state index < -0.39 is 0 Å². The summed E-state index contributed by atoms with van der Waals surface area (Å²) in [6, 6.07) is 8.01. The summed E-state index contributed by atoms with van der Waals surface area (Å²) in [6.45, 7) is 0.548. The van der Waals surface area contributed by atoms with E-state index in [4.69, 9.17) is 6.42 Å². The van der Waals surface area contributed by atoms with Crippen LogP contribution in [0.5, 0.6) is 0 Å². The molecule has 2 rings (SSSR count). The van der Waals surface area contributed by atoms with E-state index in [1.54, 1.807) is 0 Å². The molecule has 0 saturated heterocycles. The third-order valence-electron chi connectivity index (χ3n) is 1.73. The van der Waals surface area contributed by atoms with Gasteiger partial charge < -0.3 is 5.32 Å². The molecule has 0 amide bonds. The largest absolute Gasteiger partial charge is 0.364 e. The summed E-state index contributed by atoms with van der Waals surface area (Å²) in [4.78, 5) is 0. The fourth-order valence-corrected chi connectivity index (χ4v) is 1.90. The highest BCUT2D eigenvalue weighted by Crippen LogP contribution is 2.26. The zero-order chi connectivity index (χ0) is 9.10. The number of terminal acetylenes is 1. The van der Waals surface area contributed by atoms with E-state index in [-0.39, 0.29) is 0 Å². The number of hydrogen-bond donors (Lipinski definition) is 1. The van der Waals surface area contributed by atoms with Gasteiger partial charge in [0.05, 0.1) is 12.1 Å². The smallest absolute Gasteiger partial charge is 0.118 e. The number of nitrogens with zero attached hydrogens (tertiary/aromatic N) is 1. The quantitative estimate of drug-likeness (QED) is 0.732. The molecule has 0 aliphatic heterocycles. The van der Waals surface area contributed by atoms with Crippen molar-refractivity contribution in [2.45, 2.75) is 0 Å². The van der Waals surface area contributed by atoms with Gasteiger partial charge in [-0.2, -0.15) is 4.37 Å². The summed E-state index contributed by atoms with van der Waals surface area (Å²) >= 11 is 1.45. The zero-order valence-corrected chi connectivity index (χ0v) is 7.77. The van der Waals surface area contributed by atoms with E-state index in [9.17, 15) is 0 Å². The molecule has 3 heteroatoms. The summed E-state index contributed by atoms with van der Waals surface area (Å²) in [5.41, 5.74) is 1.02. The SMILES string of the molecule is C#CCNc1snc2ccccc12. The van der Waals surface area contributed by atoms with Crippen molar-refractivity contribution in [3.05, 3.63) is 24.3 Å². The Morgan fingerprint density at radius 2 is 2.31 bits per heavy atom. The van der Waals surface area contributed by atoms with Gasteiger partial charge in [-0.1, -0.05) is 18.1 Å². The van der Waals surface area contributed by atoms with Gasteiger partial charge in [-0.3, -0.25) is 0 Å². The molecule has 1 N–H and O–H groups in total. The maximum absolute atomic E-state index is 5.16. The maximum Gasteiger partial charge on any atom is 0.118 e. The topological polar surface area (TPSA) is 24.9 Å². The van der Waals surface area contributed by atoms with E-state index >= 15 is 0 Å². The molecule has 1 aromatic carbocycles. The van der Waals surface area contributed by atoms with Crippen LogP contribution in [0.2, 0.25) is 0 Å². The molecule has 2 nitrogen and oxygen atoms in total. The van der Waals surface area contributed by atoms with Crippen molar-refractivity contribution in [3.63, 3.8) is 0 Å². The van der Waals surface area contributed by atoms with Gasteiger partial charge in [0.25, 0.3) is 0 Å². The highest BCUT2D eigenvalue weighted by atomic mass is 32.1. The van der Waals surface area contributed by atoms with E-state index in [1.165, 1.54) is 11.5 Å². The molecule has 13 heavy (non-hydrogen) atoms. The molecule has 0 radical (unpaired) electrons. The second-order valence-corrected chi connectivity index (χ2v) is 3.36. The molecular weight excluding hydrogens is 180 g/mol. The van der Waals surface area contributed by atoms with Crippen LogP contribution in [0.3, 0.4) is 0 Å². The molecule has 0 aliphatic rings. The first-order valence-corrected chi connectivity index (χ1v) is 4.71. The van der Waals surface area contributed by atoms with E-state index in [2.05, 4.69) is 15.6 Å². The summed E-state index contributed by atoms with van der Waals surface area (Å²) in [5.74, 6) is 2.54. The monoisotopic (exact) mass is 188 g/mol. The van der Waals surface area contributed by atoms with Crippen molar-refractivity contribution in [3.8, 4) is 12.3 Å². The average Bonchev–Trinajstić information content (AvgIpc) is 2.58. The van der Waals surface area contributed by atoms with Gasteiger partial charge in [0.2, 0.25) is 0 Å². The summed E-state index contributed by atoms with van der Waals surface area (Å²) in [5, 5.41) is 5.33. The highest BCUT2D eigenvalue weighted by molar-refractivity contribution is 7.11. The lowest BCUT2D eigenvalue weighted by Crippen LogP contribution is -1.95. The molecule has 2 aromatic rings. The molecular formula is C10H8N2S. The summed E-state index contributed by atoms with van der Waals surface area (Å²) in [6.07, 6.45) is 5.16. The molecule has 64 valence electrons. The fourth-order valence-electron chi connectivity index (χ4n) is 1.15. The van der Waals surface area contributed by atoms with Crippen LogP contribution in [0.1, 0.15) is 0 Å². The van der Waals surface area contributed by atoms with Crippen LogP contribution < -0.4 is 5.32 Å². The zero-order valence-electron chi connectivity index (χ0n) is 6.95. The Bertz CT molecular complexity index is 453. The molecule has 0 spiro atoms. The first-order valence-electron chi connectivity index (χ1n) is 3.93. The van der Waals surface area contributed by atoms with Crippen molar-refractivity contribution >= 4 is 27.4 Å². The van der Waals surface area contributed by atoms with Crippen LogP contribution in [-0.2, 0) is 0 Å².